The van der Waals surface area contributed by atoms with Crippen LogP contribution in [0.4, 0.5) is 5.69 Å². The number of carbonyl (C=O) groups is 2. The smallest absolute Gasteiger partial charge is 0.279 e. The fourth-order valence-electron chi connectivity index (χ4n) is 4.28. The van der Waals surface area contributed by atoms with Crippen LogP contribution in [0.5, 0.6) is 0 Å². The highest BCUT2D eigenvalue weighted by Crippen LogP contribution is 2.31. The number of carbonyl (C=O) groups excluding carboxylic acids is 2. The molecule has 5 aromatic rings. The first-order valence-corrected chi connectivity index (χ1v) is 12.2. The van der Waals surface area contributed by atoms with Gasteiger partial charge in [0.15, 0.2) is 6.04 Å². The van der Waals surface area contributed by atoms with Gasteiger partial charge in [0.05, 0.1) is 24.3 Å². The summed E-state index contributed by atoms with van der Waals surface area (Å²) in [5.74, 6) is -0.838. The summed E-state index contributed by atoms with van der Waals surface area (Å²) in [6.45, 7) is 1.90. The van der Waals surface area contributed by atoms with Crippen molar-refractivity contribution >= 4 is 17.5 Å². The quantitative estimate of drug-likeness (QED) is 0.306. The molecule has 0 bridgehead atoms. The number of imidazole rings is 1. The topological polar surface area (TPSA) is 104 Å². The Kier molecular flexibility index (Phi) is 7.31. The van der Waals surface area contributed by atoms with E-state index in [1.54, 1.807) is 0 Å². The minimum Gasteiger partial charge on any atom is -0.350 e. The van der Waals surface area contributed by atoms with Crippen LogP contribution in [-0.2, 0) is 4.79 Å². The van der Waals surface area contributed by atoms with Crippen molar-refractivity contribution in [2.75, 3.05) is 4.90 Å². The molecule has 2 N–H and O–H groups in total. The number of rotatable bonds is 8. The SMILES string of the molecule is C[C@H](NC(=O)C(c1cnccn1)N(C(=O)c1c[nH]cn1)c1ccc(-c2ccccc2)cc1)c1ccccc1. The van der Waals surface area contributed by atoms with E-state index in [1.165, 1.54) is 36.0 Å². The Balaban J connectivity index is 1.56. The lowest BCUT2D eigenvalue weighted by Crippen LogP contribution is -2.45. The number of aromatic nitrogens is 4. The number of aromatic amines is 1. The van der Waals surface area contributed by atoms with E-state index in [2.05, 4.69) is 25.3 Å². The highest BCUT2D eigenvalue weighted by atomic mass is 16.2. The van der Waals surface area contributed by atoms with E-state index in [0.29, 0.717) is 11.4 Å². The molecule has 0 spiro atoms. The van der Waals surface area contributed by atoms with Crippen LogP contribution in [0.15, 0.2) is 116 Å². The molecular formula is C30H26N6O2. The average Bonchev–Trinajstić information content (AvgIpc) is 3.52. The summed E-state index contributed by atoms with van der Waals surface area (Å²) < 4.78 is 0. The maximum atomic E-state index is 13.9. The van der Waals surface area contributed by atoms with Crippen LogP contribution in [-0.4, -0.2) is 31.8 Å². The highest BCUT2D eigenvalue weighted by Gasteiger charge is 2.36. The molecule has 0 aliphatic heterocycles. The molecule has 0 radical (unpaired) electrons. The Hall–Kier alpha value is -5.11. The van der Waals surface area contributed by atoms with Crippen molar-refractivity contribution in [2.24, 2.45) is 0 Å². The van der Waals surface area contributed by atoms with Gasteiger partial charge in [-0.25, -0.2) is 4.98 Å². The average molecular weight is 503 g/mol. The molecule has 2 heterocycles. The number of nitrogens with one attached hydrogen (secondary N) is 2. The molecule has 8 heteroatoms. The molecule has 0 aliphatic carbocycles. The first-order valence-electron chi connectivity index (χ1n) is 12.2. The Labute approximate surface area is 220 Å². The maximum Gasteiger partial charge on any atom is 0.279 e. The van der Waals surface area contributed by atoms with E-state index in [9.17, 15) is 9.59 Å². The molecule has 2 aromatic heterocycles. The molecule has 38 heavy (non-hydrogen) atoms. The Morgan fingerprint density at radius 1 is 0.842 bits per heavy atom. The van der Waals surface area contributed by atoms with E-state index >= 15 is 0 Å². The van der Waals surface area contributed by atoms with Crippen molar-refractivity contribution in [2.45, 2.75) is 19.0 Å². The monoisotopic (exact) mass is 502 g/mol. The third-order valence-corrected chi connectivity index (χ3v) is 6.22. The van der Waals surface area contributed by atoms with Crippen LogP contribution in [0.25, 0.3) is 11.1 Å². The molecule has 0 fully saturated rings. The lowest BCUT2D eigenvalue weighted by atomic mass is 10.0. The first-order chi connectivity index (χ1) is 18.6. The number of hydrogen-bond donors (Lipinski definition) is 2. The van der Waals surface area contributed by atoms with Gasteiger partial charge >= 0.3 is 0 Å². The van der Waals surface area contributed by atoms with Gasteiger partial charge in [-0.1, -0.05) is 72.8 Å². The number of benzene rings is 3. The number of H-pyrrole nitrogens is 1. The number of hydrogen-bond acceptors (Lipinski definition) is 5. The largest absolute Gasteiger partial charge is 0.350 e. The van der Waals surface area contributed by atoms with E-state index in [-0.39, 0.29) is 11.7 Å². The zero-order valence-corrected chi connectivity index (χ0v) is 20.7. The highest BCUT2D eigenvalue weighted by molar-refractivity contribution is 6.09. The summed E-state index contributed by atoms with van der Waals surface area (Å²) >= 11 is 0. The van der Waals surface area contributed by atoms with Crippen molar-refractivity contribution in [3.8, 4) is 11.1 Å². The molecule has 3 aromatic carbocycles. The Bertz CT molecular complexity index is 1470. The predicted octanol–water partition coefficient (Wildman–Crippen LogP) is 5.13. The zero-order valence-electron chi connectivity index (χ0n) is 20.7. The van der Waals surface area contributed by atoms with Crippen LogP contribution < -0.4 is 10.2 Å². The molecule has 2 amide bonds. The molecule has 0 saturated carbocycles. The summed E-state index contributed by atoms with van der Waals surface area (Å²) in [7, 11) is 0. The molecule has 1 unspecified atom stereocenters. The summed E-state index contributed by atoms with van der Waals surface area (Å²) in [5.41, 5.74) is 4.01. The van der Waals surface area contributed by atoms with Gasteiger partial charge in [-0.3, -0.25) is 24.5 Å². The Morgan fingerprint density at radius 3 is 2.16 bits per heavy atom. The summed E-state index contributed by atoms with van der Waals surface area (Å²) in [5, 5.41) is 3.05. The molecular weight excluding hydrogens is 476 g/mol. The molecule has 5 rings (SSSR count). The lowest BCUT2D eigenvalue weighted by molar-refractivity contribution is -0.123. The second kappa shape index (κ2) is 11.3. The Morgan fingerprint density at radius 2 is 1.53 bits per heavy atom. The fourth-order valence-corrected chi connectivity index (χ4v) is 4.28. The third-order valence-electron chi connectivity index (χ3n) is 6.22. The van der Waals surface area contributed by atoms with E-state index in [1.807, 2.05) is 91.9 Å². The van der Waals surface area contributed by atoms with Crippen molar-refractivity contribution in [3.05, 3.63) is 133 Å². The second-order valence-corrected chi connectivity index (χ2v) is 8.72. The summed E-state index contributed by atoms with van der Waals surface area (Å²) in [6, 6.07) is 25.7. The van der Waals surface area contributed by atoms with Crippen LogP contribution >= 0.6 is 0 Å². The van der Waals surface area contributed by atoms with E-state index in [0.717, 1.165) is 16.7 Å². The normalized spacial score (nSPS) is 12.3. The first kappa shape index (κ1) is 24.6. The van der Waals surface area contributed by atoms with Crippen molar-refractivity contribution in [1.82, 2.24) is 25.3 Å². The molecule has 8 nitrogen and oxygen atoms in total. The third kappa shape index (κ3) is 5.34. The lowest BCUT2D eigenvalue weighted by Gasteiger charge is -2.31. The van der Waals surface area contributed by atoms with Crippen LogP contribution in [0, 0.1) is 0 Å². The second-order valence-electron chi connectivity index (χ2n) is 8.72. The molecule has 2 atom stereocenters. The van der Waals surface area contributed by atoms with Gasteiger partial charge in [0, 0.05) is 24.3 Å². The van der Waals surface area contributed by atoms with Gasteiger partial charge in [0.2, 0.25) is 5.91 Å². The van der Waals surface area contributed by atoms with Crippen molar-refractivity contribution in [3.63, 3.8) is 0 Å². The number of nitrogens with zero attached hydrogens (tertiary/aromatic N) is 4. The van der Waals surface area contributed by atoms with Gasteiger partial charge in [0.1, 0.15) is 5.69 Å². The van der Waals surface area contributed by atoms with Gasteiger partial charge in [-0.15, -0.1) is 0 Å². The fraction of sp³-hybridized carbons (Fsp3) is 0.100. The maximum absolute atomic E-state index is 13.9. The molecule has 0 saturated heterocycles. The van der Waals surface area contributed by atoms with Gasteiger partial charge < -0.3 is 10.3 Å². The minimum absolute atomic E-state index is 0.176. The molecule has 0 aliphatic rings. The van der Waals surface area contributed by atoms with Crippen LogP contribution in [0.2, 0.25) is 0 Å². The predicted molar refractivity (Wildman–Crippen MR) is 145 cm³/mol. The number of amides is 2. The molecule has 188 valence electrons. The minimum atomic E-state index is -1.10. The zero-order chi connectivity index (χ0) is 26.3. The van der Waals surface area contributed by atoms with Gasteiger partial charge in [-0.05, 0) is 35.7 Å². The van der Waals surface area contributed by atoms with Gasteiger partial charge in [0.25, 0.3) is 5.91 Å². The van der Waals surface area contributed by atoms with E-state index in [4.69, 9.17) is 0 Å². The van der Waals surface area contributed by atoms with Gasteiger partial charge in [-0.2, -0.15) is 0 Å². The standard InChI is InChI=1S/C30H26N6O2/c1-21(22-8-4-2-5-9-22)35-29(37)28(26-18-31-16-17-33-26)36(30(38)27-19-32-20-34-27)25-14-12-24(13-15-25)23-10-6-3-7-11-23/h2-21,28H,1H3,(H,32,34)(H,35,37)/t21-,28?/m0/s1. The number of anilines is 1. The van der Waals surface area contributed by atoms with Crippen molar-refractivity contribution in [1.29, 1.82) is 0 Å². The van der Waals surface area contributed by atoms with Crippen molar-refractivity contribution < 1.29 is 9.59 Å². The van der Waals surface area contributed by atoms with Crippen LogP contribution in [0.1, 0.15) is 40.8 Å². The summed E-state index contributed by atoms with van der Waals surface area (Å²) in [4.78, 5) is 44.7. The summed E-state index contributed by atoms with van der Waals surface area (Å²) in [6.07, 6.45) is 7.47. The van der Waals surface area contributed by atoms with E-state index < -0.39 is 17.9 Å². The van der Waals surface area contributed by atoms with Crippen LogP contribution in [0.3, 0.4) is 0 Å².